The predicted molar refractivity (Wildman–Crippen MR) is 117 cm³/mol. The molecule has 2 aromatic rings. The summed E-state index contributed by atoms with van der Waals surface area (Å²) in [5, 5.41) is 12.9. The van der Waals surface area contributed by atoms with Crippen LogP contribution in [0.25, 0.3) is 0 Å². The monoisotopic (exact) mass is 439 g/mol. The highest BCUT2D eigenvalue weighted by atomic mass is 16.5. The Balaban J connectivity index is 1.51. The van der Waals surface area contributed by atoms with Crippen molar-refractivity contribution in [3.8, 4) is 11.5 Å². The molecule has 32 heavy (non-hydrogen) atoms. The Labute approximate surface area is 185 Å². The number of hydrazone groups is 1. The molecule has 2 aromatic carbocycles. The van der Waals surface area contributed by atoms with E-state index in [1.165, 1.54) is 32.6 Å². The number of hydrogen-bond acceptors (Lipinski definition) is 6. The quantitative estimate of drug-likeness (QED) is 0.505. The molecule has 2 amide bonds. The van der Waals surface area contributed by atoms with E-state index in [1.807, 2.05) is 0 Å². The van der Waals surface area contributed by atoms with Gasteiger partial charge >= 0.3 is 5.97 Å². The normalized spacial score (nSPS) is 14.2. The molecule has 0 bridgehead atoms. The minimum absolute atomic E-state index is 0.118. The number of carboxylic acid groups (broad SMARTS) is 1. The number of carboxylic acids is 1. The van der Waals surface area contributed by atoms with E-state index >= 15 is 0 Å². The van der Waals surface area contributed by atoms with E-state index in [2.05, 4.69) is 10.5 Å². The zero-order valence-electron chi connectivity index (χ0n) is 17.9. The number of aromatic carboxylic acids is 1. The van der Waals surface area contributed by atoms with Crippen LogP contribution in [-0.2, 0) is 4.79 Å². The van der Waals surface area contributed by atoms with Gasteiger partial charge in [-0.1, -0.05) is 12.1 Å². The molecular weight excluding hydrogens is 414 g/mol. The summed E-state index contributed by atoms with van der Waals surface area (Å²) in [5.74, 6) is -0.524. The number of ether oxygens (including phenoxy) is 2. The molecule has 0 aliphatic carbocycles. The maximum absolute atomic E-state index is 12.8. The number of benzene rings is 2. The van der Waals surface area contributed by atoms with Gasteiger partial charge in [0.25, 0.3) is 5.91 Å². The van der Waals surface area contributed by atoms with E-state index in [4.69, 9.17) is 14.6 Å². The van der Waals surface area contributed by atoms with Crippen LogP contribution < -0.4 is 14.9 Å². The van der Waals surface area contributed by atoms with E-state index in [1.54, 1.807) is 35.2 Å². The smallest absolute Gasteiger partial charge is 0.335 e. The lowest BCUT2D eigenvalue weighted by molar-refractivity contribution is -0.126. The van der Waals surface area contributed by atoms with Crippen LogP contribution in [0.5, 0.6) is 11.5 Å². The molecule has 0 radical (unpaired) electrons. The molecule has 0 spiro atoms. The molecule has 0 unspecified atom stereocenters. The Hall–Kier alpha value is -3.88. The van der Waals surface area contributed by atoms with Crippen molar-refractivity contribution in [2.45, 2.75) is 12.8 Å². The summed E-state index contributed by atoms with van der Waals surface area (Å²) in [6.07, 6.45) is 2.53. The van der Waals surface area contributed by atoms with Gasteiger partial charge < -0.3 is 19.5 Å². The topological polar surface area (TPSA) is 118 Å². The number of carbonyl (C=O) groups is 3. The van der Waals surface area contributed by atoms with Crippen LogP contribution in [0.3, 0.4) is 0 Å². The average Bonchev–Trinajstić information content (AvgIpc) is 2.83. The van der Waals surface area contributed by atoms with Crippen molar-refractivity contribution in [1.29, 1.82) is 0 Å². The van der Waals surface area contributed by atoms with Crippen LogP contribution in [-0.4, -0.2) is 61.3 Å². The van der Waals surface area contributed by atoms with Crippen molar-refractivity contribution in [3.05, 3.63) is 59.2 Å². The first-order chi connectivity index (χ1) is 15.4. The molecule has 0 aromatic heterocycles. The lowest BCUT2D eigenvalue weighted by Gasteiger charge is -2.31. The summed E-state index contributed by atoms with van der Waals surface area (Å²) in [6, 6.07) is 11.2. The summed E-state index contributed by atoms with van der Waals surface area (Å²) in [7, 11) is 3.05. The van der Waals surface area contributed by atoms with Crippen molar-refractivity contribution in [2.24, 2.45) is 11.0 Å². The predicted octanol–water partition coefficient (Wildman–Crippen LogP) is 2.40. The highest BCUT2D eigenvalue weighted by Gasteiger charge is 2.28. The maximum atomic E-state index is 12.8. The van der Waals surface area contributed by atoms with Gasteiger partial charge in [0.1, 0.15) is 0 Å². The molecular formula is C23H25N3O6. The molecule has 1 saturated heterocycles. The van der Waals surface area contributed by atoms with E-state index < -0.39 is 5.97 Å². The average molecular weight is 439 g/mol. The van der Waals surface area contributed by atoms with Crippen molar-refractivity contribution < 1.29 is 29.0 Å². The molecule has 0 atom stereocenters. The number of likely N-dealkylation sites (tertiary alicyclic amines) is 1. The van der Waals surface area contributed by atoms with Gasteiger partial charge in [-0.25, -0.2) is 10.2 Å². The molecule has 9 nitrogen and oxygen atoms in total. The first-order valence-corrected chi connectivity index (χ1v) is 10.1. The summed E-state index contributed by atoms with van der Waals surface area (Å²) < 4.78 is 10.5. The van der Waals surface area contributed by atoms with E-state index in [-0.39, 0.29) is 23.3 Å². The van der Waals surface area contributed by atoms with Crippen LogP contribution in [0.2, 0.25) is 0 Å². The maximum Gasteiger partial charge on any atom is 0.335 e. The minimum atomic E-state index is -1.00. The highest BCUT2D eigenvalue weighted by molar-refractivity contribution is 5.95. The largest absolute Gasteiger partial charge is 0.493 e. The molecule has 9 heteroatoms. The number of carbonyl (C=O) groups excluding carboxylic acids is 2. The third-order valence-corrected chi connectivity index (χ3v) is 5.33. The summed E-state index contributed by atoms with van der Waals surface area (Å²) >= 11 is 0. The third kappa shape index (κ3) is 5.42. The number of amides is 2. The number of nitrogens with one attached hydrogen (secondary N) is 1. The fourth-order valence-corrected chi connectivity index (χ4v) is 3.47. The van der Waals surface area contributed by atoms with Crippen molar-refractivity contribution in [3.63, 3.8) is 0 Å². The Bertz CT molecular complexity index is 1010. The van der Waals surface area contributed by atoms with Gasteiger partial charge in [0, 0.05) is 24.6 Å². The van der Waals surface area contributed by atoms with Crippen molar-refractivity contribution >= 4 is 24.0 Å². The molecule has 168 valence electrons. The van der Waals surface area contributed by atoms with Gasteiger partial charge in [0.05, 0.1) is 26.0 Å². The van der Waals surface area contributed by atoms with Crippen LogP contribution in [0, 0.1) is 5.92 Å². The van der Waals surface area contributed by atoms with Crippen LogP contribution in [0.15, 0.2) is 47.6 Å². The fraction of sp³-hybridized carbons (Fsp3) is 0.304. The Morgan fingerprint density at radius 2 is 1.62 bits per heavy atom. The molecule has 1 aliphatic rings. The lowest BCUT2D eigenvalue weighted by atomic mass is 9.95. The van der Waals surface area contributed by atoms with E-state index in [0.717, 1.165) is 0 Å². The standard InChI is InChI=1S/C23H25N3O6/c1-31-19-8-7-18(13-20(19)32-2)22(28)26-11-9-16(10-12-26)21(27)25-24-14-15-3-5-17(6-4-15)23(29)30/h3-8,13-14,16H,9-12H2,1-2H3,(H,25,27)(H,29,30)/b24-14-. The first-order valence-electron chi connectivity index (χ1n) is 10.1. The fourth-order valence-electron chi connectivity index (χ4n) is 3.47. The zero-order valence-corrected chi connectivity index (χ0v) is 17.9. The molecule has 3 rings (SSSR count). The van der Waals surface area contributed by atoms with Crippen molar-refractivity contribution in [1.82, 2.24) is 10.3 Å². The molecule has 1 heterocycles. The number of methoxy groups -OCH3 is 2. The van der Waals surface area contributed by atoms with Crippen molar-refractivity contribution in [2.75, 3.05) is 27.3 Å². The number of hydrogen-bond donors (Lipinski definition) is 2. The molecule has 1 aliphatic heterocycles. The van der Waals surface area contributed by atoms with Gasteiger partial charge in [-0.2, -0.15) is 5.10 Å². The van der Waals surface area contributed by atoms with Gasteiger partial charge in [0.2, 0.25) is 5.91 Å². The highest BCUT2D eigenvalue weighted by Crippen LogP contribution is 2.28. The van der Waals surface area contributed by atoms with Crippen LogP contribution in [0.4, 0.5) is 0 Å². The number of nitrogens with zero attached hydrogens (tertiary/aromatic N) is 2. The third-order valence-electron chi connectivity index (χ3n) is 5.33. The van der Waals surface area contributed by atoms with Crippen LogP contribution >= 0.6 is 0 Å². The second-order valence-electron chi connectivity index (χ2n) is 7.30. The molecule has 0 saturated carbocycles. The molecule has 2 N–H and O–H groups in total. The Kier molecular flexibility index (Phi) is 7.43. The summed E-state index contributed by atoms with van der Waals surface area (Å²) in [4.78, 5) is 37.8. The van der Waals surface area contributed by atoms with Gasteiger partial charge in [-0.15, -0.1) is 0 Å². The first kappa shape index (κ1) is 22.8. The van der Waals surface area contributed by atoms with E-state index in [9.17, 15) is 14.4 Å². The number of rotatable bonds is 7. The zero-order chi connectivity index (χ0) is 23.1. The molecule has 1 fully saturated rings. The van der Waals surface area contributed by atoms with Gasteiger partial charge in [0.15, 0.2) is 11.5 Å². The van der Waals surface area contributed by atoms with Gasteiger partial charge in [-0.05, 0) is 48.7 Å². The summed E-state index contributed by atoms with van der Waals surface area (Å²) in [6.45, 7) is 0.928. The SMILES string of the molecule is COc1ccc(C(=O)N2CCC(C(=O)N/N=C\c3ccc(C(=O)O)cc3)CC2)cc1OC. The Morgan fingerprint density at radius 1 is 1.00 bits per heavy atom. The second kappa shape index (κ2) is 10.4. The number of piperidine rings is 1. The van der Waals surface area contributed by atoms with E-state index in [0.29, 0.717) is 48.6 Å². The lowest BCUT2D eigenvalue weighted by Crippen LogP contribution is -2.42. The summed E-state index contributed by atoms with van der Waals surface area (Å²) in [5.41, 5.74) is 3.88. The Morgan fingerprint density at radius 3 is 2.22 bits per heavy atom. The van der Waals surface area contributed by atoms with Gasteiger partial charge in [-0.3, -0.25) is 9.59 Å². The minimum Gasteiger partial charge on any atom is -0.493 e. The van der Waals surface area contributed by atoms with Crippen LogP contribution in [0.1, 0.15) is 39.1 Å². The second-order valence-corrected chi connectivity index (χ2v) is 7.30.